The predicted octanol–water partition coefficient (Wildman–Crippen LogP) is 3.85. The SMILES string of the molecule is [c]1csc2ccc3ccccc3c12. The van der Waals surface area contributed by atoms with E-state index in [9.17, 15) is 0 Å². The molecule has 1 heteroatoms. The molecule has 61 valence electrons. The molecule has 0 fully saturated rings. The number of hydrogen-bond acceptors (Lipinski definition) is 1. The van der Waals surface area contributed by atoms with Crippen molar-refractivity contribution in [1.82, 2.24) is 0 Å². The Morgan fingerprint density at radius 3 is 2.92 bits per heavy atom. The maximum Gasteiger partial charge on any atom is 0.0355 e. The molecule has 0 bridgehead atoms. The molecule has 3 aromatic rings. The summed E-state index contributed by atoms with van der Waals surface area (Å²) in [6.45, 7) is 0. The van der Waals surface area contributed by atoms with Crippen LogP contribution in [0.5, 0.6) is 0 Å². The molecule has 0 N–H and O–H groups in total. The minimum absolute atomic E-state index is 1.25. The number of hydrogen-bond donors (Lipinski definition) is 0. The fourth-order valence-corrected chi connectivity index (χ4v) is 2.39. The van der Waals surface area contributed by atoms with Gasteiger partial charge in [0.05, 0.1) is 0 Å². The van der Waals surface area contributed by atoms with Gasteiger partial charge in [-0.15, -0.1) is 11.3 Å². The average molecular weight is 183 g/mol. The highest BCUT2D eigenvalue weighted by atomic mass is 32.1. The van der Waals surface area contributed by atoms with Crippen molar-refractivity contribution < 1.29 is 0 Å². The number of fused-ring (bicyclic) bond motifs is 3. The third-order valence-electron chi connectivity index (χ3n) is 2.28. The lowest BCUT2D eigenvalue weighted by atomic mass is 10.1. The molecule has 0 aliphatic carbocycles. The normalized spacial score (nSPS) is 11.1. The molecule has 1 heterocycles. The lowest BCUT2D eigenvalue weighted by molar-refractivity contribution is 1.81. The molecule has 0 atom stereocenters. The van der Waals surface area contributed by atoms with E-state index >= 15 is 0 Å². The van der Waals surface area contributed by atoms with Gasteiger partial charge in [0.1, 0.15) is 0 Å². The van der Waals surface area contributed by atoms with Gasteiger partial charge in [0.15, 0.2) is 0 Å². The van der Waals surface area contributed by atoms with E-state index in [1.807, 2.05) is 5.38 Å². The highest BCUT2D eigenvalue weighted by molar-refractivity contribution is 7.17. The number of benzene rings is 2. The van der Waals surface area contributed by atoms with E-state index < -0.39 is 0 Å². The molecule has 2 aromatic carbocycles. The van der Waals surface area contributed by atoms with Crippen molar-refractivity contribution in [1.29, 1.82) is 0 Å². The molecule has 1 radical (unpaired) electrons. The van der Waals surface area contributed by atoms with Crippen molar-refractivity contribution in [3.05, 3.63) is 47.8 Å². The van der Waals surface area contributed by atoms with E-state index in [1.165, 1.54) is 20.9 Å². The first-order valence-corrected chi connectivity index (χ1v) is 5.10. The van der Waals surface area contributed by atoms with Crippen LogP contribution >= 0.6 is 11.3 Å². The second-order valence-electron chi connectivity index (χ2n) is 3.04. The van der Waals surface area contributed by atoms with Crippen LogP contribution in [0.25, 0.3) is 20.9 Å². The highest BCUT2D eigenvalue weighted by Gasteiger charge is 1.99. The Labute approximate surface area is 80.4 Å². The minimum atomic E-state index is 1.25. The van der Waals surface area contributed by atoms with Crippen LogP contribution in [0.4, 0.5) is 0 Å². The molecular formula is C12H7S. The second kappa shape index (κ2) is 2.57. The summed E-state index contributed by atoms with van der Waals surface area (Å²) in [5, 5.41) is 5.88. The van der Waals surface area contributed by atoms with Crippen molar-refractivity contribution >= 4 is 32.2 Å². The van der Waals surface area contributed by atoms with Crippen LogP contribution in [-0.2, 0) is 0 Å². The molecule has 0 spiro atoms. The summed E-state index contributed by atoms with van der Waals surface area (Å²) in [5.74, 6) is 0. The van der Waals surface area contributed by atoms with Crippen LogP contribution in [0, 0.1) is 6.07 Å². The summed E-state index contributed by atoms with van der Waals surface area (Å²) in [4.78, 5) is 0. The Kier molecular flexibility index (Phi) is 1.41. The fraction of sp³-hybridized carbons (Fsp3) is 0. The summed E-state index contributed by atoms with van der Waals surface area (Å²) in [7, 11) is 0. The molecule has 0 aliphatic heterocycles. The summed E-state index contributed by atoms with van der Waals surface area (Å²) in [6.07, 6.45) is 0. The quantitative estimate of drug-likeness (QED) is 0.496. The van der Waals surface area contributed by atoms with Crippen LogP contribution in [0.15, 0.2) is 41.8 Å². The van der Waals surface area contributed by atoms with Crippen LogP contribution < -0.4 is 0 Å². The largest absolute Gasteiger partial charge is 0.143 e. The number of thiophene rings is 1. The van der Waals surface area contributed by atoms with Crippen molar-refractivity contribution in [3.8, 4) is 0 Å². The van der Waals surface area contributed by atoms with Crippen molar-refractivity contribution in [2.24, 2.45) is 0 Å². The monoisotopic (exact) mass is 183 g/mol. The maximum absolute atomic E-state index is 3.28. The van der Waals surface area contributed by atoms with E-state index in [2.05, 4.69) is 42.5 Å². The Bertz CT molecular complexity index is 563. The Morgan fingerprint density at radius 1 is 1.00 bits per heavy atom. The summed E-state index contributed by atoms with van der Waals surface area (Å²) < 4.78 is 1.32. The molecule has 0 aliphatic rings. The molecule has 1 aromatic heterocycles. The molecule has 13 heavy (non-hydrogen) atoms. The Morgan fingerprint density at radius 2 is 1.92 bits per heavy atom. The van der Waals surface area contributed by atoms with Gasteiger partial charge in [-0.1, -0.05) is 30.3 Å². The molecular weight excluding hydrogens is 176 g/mol. The molecule has 0 amide bonds. The molecule has 0 nitrogen and oxygen atoms in total. The zero-order valence-corrected chi connectivity index (χ0v) is 7.77. The first-order valence-electron chi connectivity index (χ1n) is 4.22. The molecule has 0 saturated heterocycles. The number of rotatable bonds is 0. The topological polar surface area (TPSA) is 0 Å². The third-order valence-corrected chi connectivity index (χ3v) is 3.11. The predicted molar refractivity (Wildman–Crippen MR) is 58.2 cm³/mol. The van der Waals surface area contributed by atoms with Gasteiger partial charge < -0.3 is 0 Å². The van der Waals surface area contributed by atoms with E-state index in [1.54, 1.807) is 11.3 Å². The lowest BCUT2D eigenvalue weighted by Crippen LogP contribution is -1.71. The third kappa shape index (κ3) is 0.973. The lowest BCUT2D eigenvalue weighted by Gasteiger charge is -1.97. The first kappa shape index (κ1) is 7.10. The molecule has 0 saturated carbocycles. The Hall–Kier alpha value is -1.34. The summed E-state index contributed by atoms with van der Waals surface area (Å²) in [6, 6.07) is 16.1. The fourth-order valence-electron chi connectivity index (χ4n) is 1.65. The Balaban J connectivity index is 2.65. The van der Waals surface area contributed by atoms with E-state index in [4.69, 9.17) is 0 Å². The smallest absolute Gasteiger partial charge is 0.0355 e. The van der Waals surface area contributed by atoms with Gasteiger partial charge in [-0.25, -0.2) is 0 Å². The zero-order chi connectivity index (χ0) is 8.67. The van der Waals surface area contributed by atoms with Gasteiger partial charge in [0.2, 0.25) is 0 Å². The molecule has 3 rings (SSSR count). The van der Waals surface area contributed by atoms with Crippen molar-refractivity contribution in [2.75, 3.05) is 0 Å². The van der Waals surface area contributed by atoms with E-state index in [0.29, 0.717) is 0 Å². The molecule has 0 unspecified atom stereocenters. The zero-order valence-electron chi connectivity index (χ0n) is 6.95. The van der Waals surface area contributed by atoms with Crippen LogP contribution in [-0.4, -0.2) is 0 Å². The van der Waals surface area contributed by atoms with Crippen LogP contribution in [0.3, 0.4) is 0 Å². The van der Waals surface area contributed by atoms with Gasteiger partial charge in [0.25, 0.3) is 0 Å². The van der Waals surface area contributed by atoms with Gasteiger partial charge in [-0.2, -0.15) is 0 Å². The van der Waals surface area contributed by atoms with E-state index in [-0.39, 0.29) is 0 Å². The summed E-state index contributed by atoms with van der Waals surface area (Å²) >= 11 is 1.75. The van der Waals surface area contributed by atoms with Crippen molar-refractivity contribution in [3.63, 3.8) is 0 Å². The first-order chi connectivity index (χ1) is 6.45. The van der Waals surface area contributed by atoms with E-state index in [0.717, 1.165) is 0 Å². The van der Waals surface area contributed by atoms with Gasteiger partial charge >= 0.3 is 0 Å². The van der Waals surface area contributed by atoms with Crippen molar-refractivity contribution in [2.45, 2.75) is 0 Å². The highest BCUT2D eigenvalue weighted by Crippen LogP contribution is 2.28. The van der Waals surface area contributed by atoms with Crippen LogP contribution in [0.1, 0.15) is 0 Å². The minimum Gasteiger partial charge on any atom is -0.143 e. The van der Waals surface area contributed by atoms with Gasteiger partial charge in [-0.3, -0.25) is 0 Å². The maximum atomic E-state index is 3.28. The van der Waals surface area contributed by atoms with Gasteiger partial charge in [-0.05, 0) is 22.2 Å². The standard InChI is InChI=1S/C12H7S/c1-2-4-10-9(3-1)5-6-12-11(10)7-8-13-12/h1-6,8H. The average Bonchev–Trinajstić information content (AvgIpc) is 2.65. The second-order valence-corrected chi connectivity index (χ2v) is 3.95. The summed E-state index contributed by atoms with van der Waals surface area (Å²) in [5.41, 5.74) is 0. The van der Waals surface area contributed by atoms with Crippen LogP contribution in [0.2, 0.25) is 0 Å². The van der Waals surface area contributed by atoms with Gasteiger partial charge in [0, 0.05) is 16.2 Å².